The van der Waals surface area contributed by atoms with E-state index in [2.05, 4.69) is 22.5 Å². The van der Waals surface area contributed by atoms with Gasteiger partial charge in [-0.2, -0.15) is 0 Å². The zero-order chi connectivity index (χ0) is 19.1. The molecule has 0 saturated carbocycles. The van der Waals surface area contributed by atoms with Crippen LogP contribution in [0.1, 0.15) is 37.8 Å². The number of carbonyl (C=O) groups excluding carboxylic acids is 1. The second-order valence-corrected chi connectivity index (χ2v) is 7.81. The molecule has 0 aliphatic carbocycles. The van der Waals surface area contributed by atoms with Crippen molar-refractivity contribution >= 4 is 5.91 Å². The fourth-order valence-electron chi connectivity index (χ4n) is 4.14. The fraction of sp³-hybridized carbons (Fsp3) is 0.667. The van der Waals surface area contributed by atoms with Gasteiger partial charge in [-0.3, -0.25) is 9.69 Å². The number of benzene rings is 1. The first kappa shape index (κ1) is 20.2. The van der Waals surface area contributed by atoms with E-state index < -0.39 is 0 Å². The zero-order valence-electron chi connectivity index (χ0n) is 16.3. The van der Waals surface area contributed by atoms with Crippen LogP contribution in [0, 0.1) is 17.7 Å². The molecule has 0 spiro atoms. The van der Waals surface area contributed by atoms with Crippen LogP contribution in [0.2, 0.25) is 0 Å². The second kappa shape index (κ2) is 10.2. The smallest absolute Gasteiger partial charge is 0.220 e. The standard InChI is InChI=1S/C21H32FN3O2/c1-16(18-3-2-8-23-14-18)13-21(26)24-15-20(25-9-11-27-12-10-25)17-4-6-19(22)7-5-17/h4-7,16,18,20,23H,2-3,8-15H2,1H3,(H,24,26). The molecule has 2 N–H and O–H groups in total. The van der Waals surface area contributed by atoms with Gasteiger partial charge in [-0.15, -0.1) is 0 Å². The first-order valence-corrected chi connectivity index (χ1v) is 10.2. The zero-order valence-corrected chi connectivity index (χ0v) is 16.3. The Morgan fingerprint density at radius 3 is 2.74 bits per heavy atom. The number of ether oxygens (including phenoxy) is 1. The average molecular weight is 378 g/mol. The van der Waals surface area contributed by atoms with Crippen LogP contribution in [-0.2, 0) is 9.53 Å². The van der Waals surface area contributed by atoms with E-state index in [1.807, 2.05) is 12.1 Å². The van der Waals surface area contributed by atoms with Gasteiger partial charge in [0.05, 0.1) is 19.3 Å². The van der Waals surface area contributed by atoms with Crippen LogP contribution in [0.25, 0.3) is 0 Å². The summed E-state index contributed by atoms with van der Waals surface area (Å²) in [5, 5.41) is 6.55. The molecule has 0 radical (unpaired) electrons. The van der Waals surface area contributed by atoms with Gasteiger partial charge in [-0.1, -0.05) is 19.1 Å². The molecule has 0 bridgehead atoms. The molecule has 3 rings (SSSR count). The number of nitrogens with zero attached hydrogens (tertiary/aromatic N) is 1. The molecule has 2 aliphatic heterocycles. The largest absolute Gasteiger partial charge is 0.379 e. The number of amides is 1. The molecule has 2 heterocycles. The minimum absolute atomic E-state index is 0.0464. The lowest BCUT2D eigenvalue weighted by molar-refractivity contribution is -0.122. The quantitative estimate of drug-likeness (QED) is 0.766. The summed E-state index contributed by atoms with van der Waals surface area (Å²) in [6.45, 7) is 7.85. The van der Waals surface area contributed by atoms with E-state index in [0.717, 1.165) is 31.7 Å². The molecule has 5 nitrogen and oxygen atoms in total. The van der Waals surface area contributed by atoms with Gasteiger partial charge >= 0.3 is 0 Å². The first-order valence-electron chi connectivity index (χ1n) is 10.2. The molecular formula is C21H32FN3O2. The van der Waals surface area contributed by atoms with Crippen molar-refractivity contribution in [1.82, 2.24) is 15.5 Å². The number of halogens is 1. The van der Waals surface area contributed by atoms with Gasteiger partial charge in [-0.05, 0) is 55.5 Å². The van der Waals surface area contributed by atoms with Crippen LogP contribution >= 0.6 is 0 Å². The second-order valence-electron chi connectivity index (χ2n) is 7.81. The summed E-state index contributed by atoms with van der Waals surface area (Å²) < 4.78 is 18.8. The highest BCUT2D eigenvalue weighted by Gasteiger charge is 2.25. The van der Waals surface area contributed by atoms with Crippen LogP contribution in [-0.4, -0.2) is 56.7 Å². The fourth-order valence-corrected chi connectivity index (χ4v) is 4.14. The Balaban J connectivity index is 1.56. The van der Waals surface area contributed by atoms with E-state index in [4.69, 9.17) is 4.74 Å². The lowest BCUT2D eigenvalue weighted by Crippen LogP contribution is -2.44. The summed E-state index contributed by atoms with van der Waals surface area (Å²) in [5.41, 5.74) is 1.03. The molecule has 2 saturated heterocycles. The predicted molar refractivity (Wildman–Crippen MR) is 104 cm³/mol. The molecule has 6 heteroatoms. The molecule has 0 aromatic heterocycles. The maximum atomic E-state index is 13.3. The molecule has 1 aromatic rings. The Kier molecular flexibility index (Phi) is 7.61. The van der Waals surface area contributed by atoms with Crippen molar-refractivity contribution in [1.29, 1.82) is 0 Å². The summed E-state index contributed by atoms with van der Waals surface area (Å²) in [4.78, 5) is 14.8. The van der Waals surface area contributed by atoms with Crippen molar-refractivity contribution < 1.29 is 13.9 Å². The van der Waals surface area contributed by atoms with Gasteiger partial charge in [0, 0.05) is 26.1 Å². The maximum Gasteiger partial charge on any atom is 0.220 e. The normalized spacial score (nSPS) is 23.6. The number of morpholine rings is 1. The Hall–Kier alpha value is -1.50. The van der Waals surface area contributed by atoms with Gasteiger partial charge in [-0.25, -0.2) is 4.39 Å². The minimum atomic E-state index is -0.238. The van der Waals surface area contributed by atoms with Gasteiger partial charge in [0.25, 0.3) is 0 Å². The number of carbonyl (C=O) groups is 1. The van der Waals surface area contributed by atoms with Crippen molar-refractivity contribution in [3.63, 3.8) is 0 Å². The van der Waals surface area contributed by atoms with Gasteiger partial charge in [0.2, 0.25) is 5.91 Å². The average Bonchev–Trinajstić information content (AvgIpc) is 2.71. The molecular weight excluding hydrogens is 345 g/mol. The first-order chi connectivity index (χ1) is 13.1. The summed E-state index contributed by atoms with van der Waals surface area (Å²) in [5.74, 6) is 0.828. The molecule has 150 valence electrons. The maximum absolute atomic E-state index is 13.3. The molecule has 2 aliphatic rings. The third-order valence-corrected chi connectivity index (χ3v) is 5.88. The summed E-state index contributed by atoms with van der Waals surface area (Å²) in [6.07, 6.45) is 2.96. The highest BCUT2D eigenvalue weighted by atomic mass is 19.1. The van der Waals surface area contributed by atoms with Crippen molar-refractivity contribution in [2.45, 2.75) is 32.2 Å². The topological polar surface area (TPSA) is 53.6 Å². The third-order valence-electron chi connectivity index (χ3n) is 5.88. The number of rotatable bonds is 7. The number of piperidine rings is 1. The van der Waals surface area contributed by atoms with E-state index in [1.54, 1.807) is 0 Å². The Morgan fingerprint density at radius 1 is 1.33 bits per heavy atom. The minimum Gasteiger partial charge on any atom is -0.379 e. The predicted octanol–water partition coefficient (Wildman–Crippen LogP) is 2.34. The highest BCUT2D eigenvalue weighted by Crippen LogP contribution is 2.24. The van der Waals surface area contributed by atoms with Crippen molar-refractivity contribution in [3.8, 4) is 0 Å². The van der Waals surface area contributed by atoms with E-state index in [9.17, 15) is 9.18 Å². The van der Waals surface area contributed by atoms with E-state index in [1.165, 1.54) is 25.0 Å². The van der Waals surface area contributed by atoms with Crippen molar-refractivity contribution in [3.05, 3.63) is 35.6 Å². The van der Waals surface area contributed by atoms with E-state index >= 15 is 0 Å². The summed E-state index contributed by atoms with van der Waals surface area (Å²) in [7, 11) is 0. The van der Waals surface area contributed by atoms with E-state index in [0.29, 0.717) is 38.0 Å². The molecule has 1 aromatic carbocycles. The van der Waals surface area contributed by atoms with Crippen molar-refractivity contribution in [2.75, 3.05) is 45.9 Å². The van der Waals surface area contributed by atoms with Crippen LogP contribution in [0.15, 0.2) is 24.3 Å². The van der Waals surface area contributed by atoms with Gasteiger partial charge < -0.3 is 15.4 Å². The van der Waals surface area contributed by atoms with E-state index in [-0.39, 0.29) is 17.8 Å². The van der Waals surface area contributed by atoms with Crippen LogP contribution in [0.4, 0.5) is 4.39 Å². The molecule has 1 amide bonds. The molecule has 27 heavy (non-hydrogen) atoms. The molecule has 3 unspecified atom stereocenters. The van der Waals surface area contributed by atoms with Crippen LogP contribution in [0.3, 0.4) is 0 Å². The number of hydrogen-bond donors (Lipinski definition) is 2. The highest BCUT2D eigenvalue weighted by molar-refractivity contribution is 5.76. The SMILES string of the molecule is CC(CC(=O)NCC(c1ccc(F)cc1)N1CCOCC1)C1CCCNC1. The number of hydrogen-bond acceptors (Lipinski definition) is 4. The van der Waals surface area contributed by atoms with Crippen LogP contribution < -0.4 is 10.6 Å². The monoisotopic (exact) mass is 377 g/mol. The lowest BCUT2D eigenvalue weighted by Gasteiger charge is -2.35. The van der Waals surface area contributed by atoms with Gasteiger partial charge in [0.15, 0.2) is 0 Å². The van der Waals surface area contributed by atoms with Crippen LogP contribution in [0.5, 0.6) is 0 Å². The Morgan fingerprint density at radius 2 is 2.07 bits per heavy atom. The Labute approximate surface area is 161 Å². The lowest BCUT2D eigenvalue weighted by atomic mass is 9.85. The van der Waals surface area contributed by atoms with Gasteiger partial charge in [0.1, 0.15) is 5.82 Å². The molecule has 3 atom stereocenters. The number of nitrogens with one attached hydrogen (secondary N) is 2. The third kappa shape index (κ3) is 5.99. The van der Waals surface area contributed by atoms with Crippen molar-refractivity contribution in [2.24, 2.45) is 11.8 Å². The summed E-state index contributed by atoms with van der Waals surface area (Å²) >= 11 is 0. The summed E-state index contributed by atoms with van der Waals surface area (Å²) in [6, 6.07) is 6.66. The Bertz CT molecular complexity index is 584. The molecule has 2 fully saturated rings.